The number of ether oxygens (including phenoxy) is 2. The number of nitrogens with zero attached hydrogens (tertiary/aromatic N) is 2. The highest BCUT2D eigenvalue weighted by atomic mass is 16.5. The maximum Gasteiger partial charge on any atom is 0.374 e. The van der Waals surface area contributed by atoms with Gasteiger partial charge in [0, 0.05) is 43.5 Å². The third kappa shape index (κ3) is 2.99. The van der Waals surface area contributed by atoms with Gasteiger partial charge in [0.2, 0.25) is 5.76 Å². The summed E-state index contributed by atoms with van der Waals surface area (Å²) in [4.78, 5) is 12.1. The van der Waals surface area contributed by atoms with Crippen molar-refractivity contribution in [3.8, 4) is 11.3 Å². The van der Waals surface area contributed by atoms with Crippen molar-refractivity contribution in [2.75, 3.05) is 19.8 Å². The Balaban J connectivity index is 1.63. The largest absolute Gasteiger partial charge is 0.460 e. The lowest BCUT2D eigenvalue weighted by molar-refractivity contribution is 0.0487. The second kappa shape index (κ2) is 6.67. The van der Waals surface area contributed by atoms with Crippen LogP contribution >= 0.6 is 0 Å². The molecule has 2 aromatic heterocycles. The summed E-state index contributed by atoms with van der Waals surface area (Å²) >= 11 is 0. The Morgan fingerprint density at radius 1 is 1.36 bits per heavy atom. The van der Waals surface area contributed by atoms with Gasteiger partial charge in [-0.15, -0.1) is 0 Å². The average Bonchev–Trinajstić information content (AvgIpc) is 3.16. The van der Waals surface area contributed by atoms with E-state index in [1.807, 2.05) is 6.92 Å². The summed E-state index contributed by atoms with van der Waals surface area (Å²) in [5.41, 5.74) is 4.02. The number of hydrogen-bond donors (Lipinski definition) is 0. The van der Waals surface area contributed by atoms with E-state index in [2.05, 4.69) is 10.9 Å². The molecular formula is C19H24N2O4. The number of esters is 1. The Morgan fingerprint density at radius 2 is 2.16 bits per heavy atom. The molecule has 6 nitrogen and oxygen atoms in total. The molecule has 0 bridgehead atoms. The summed E-state index contributed by atoms with van der Waals surface area (Å²) in [6, 6.07) is 0. The summed E-state index contributed by atoms with van der Waals surface area (Å²) in [5.74, 6) is 1.40. The molecule has 0 spiro atoms. The van der Waals surface area contributed by atoms with Crippen molar-refractivity contribution in [1.29, 1.82) is 0 Å². The minimum Gasteiger partial charge on any atom is -0.460 e. The van der Waals surface area contributed by atoms with Crippen molar-refractivity contribution in [3.63, 3.8) is 0 Å². The van der Waals surface area contributed by atoms with Crippen LogP contribution in [0.2, 0.25) is 0 Å². The summed E-state index contributed by atoms with van der Waals surface area (Å²) in [6.07, 6.45) is 6.03. The van der Waals surface area contributed by atoms with Gasteiger partial charge in [0.1, 0.15) is 5.76 Å². The molecule has 0 amide bonds. The molecule has 2 aliphatic rings. The normalized spacial score (nSPS) is 17.2. The molecule has 1 saturated heterocycles. The van der Waals surface area contributed by atoms with Gasteiger partial charge in [-0.1, -0.05) is 0 Å². The van der Waals surface area contributed by atoms with Crippen LogP contribution in [0.15, 0.2) is 10.6 Å². The van der Waals surface area contributed by atoms with Gasteiger partial charge in [-0.05, 0) is 44.6 Å². The van der Waals surface area contributed by atoms with Crippen LogP contribution in [0, 0.1) is 12.8 Å². The van der Waals surface area contributed by atoms with E-state index < -0.39 is 5.97 Å². The van der Waals surface area contributed by atoms with E-state index in [1.165, 1.54) is 5.56 Å². The molecule has 0 unspecified atom stereocenters. The molecule has 25 heavy (non-hydrogen) atoms. The maximum atomic E-state index is 12.1. The predicted octanol–water partition coefficient (Wildman–Crippen LogP) is 3.15. The minimum absolute atomic E-state index is 0.318. The fourth-order valence-corrected chi connectivity index (χ4v) is 3.84. The van der Waals surface area contributed by atoms with Crippen molar-refractivity contribution >= 4 is 5.97 Å². The first kappa shape index (κ1) is 16.4. The molecule has 1 aliphatic carbocycles. The van der Waals surface area contributed by atoms with Crippen LogP contribution in [-0.2, 0) is 28.9 Å². The number of aryl methyl sites for hydroxylation is 2. The standard InChI is InChI=1S/C19H24N2O4/c1-3-24-19(22)18-12(2)16-15(25-18)5-4-14-11-21(20-17(14)16)10-13-6-8-23-9-7-13/h11,13H,3-10H2,1-2H3. The molecular weight excluding hydrogens is 320 g/mol. The highest BCUT2D eigenvalue weighted by Crippen LogP contribution is 2.38. The smallest absolute Gasteiger partial charge is 0.374 e. The number of hydrogen-bond acceptors (Lipinski definition) is 5. The minimum atomic E-state index is -0.391. The molecule has 0 radical (unpaired) electrons. The Morgan fingerprint density at radius 3 is 2.92 bits per heavy atom. The first-order valence-electron chi connectivity index (χ1n) is 9.11. The molecule has 1 fully saturated rings. The molecule has 0 N–H and O–H groups in total. The molecule has 0 saturated carbocycles. The van der Waals surface area contributed by atoms with Gasteiger partial charge < -0.3 is 13.9 Å². The number of carbonyl (C=O) groups excluding carboxylic acids is 1. The first-order chi connectivity index (χ1) is 12.2. The van der Waals surface area contributed by atoms with E-state index in [0.29, 0.717) is 18.3 Å². The Bertz CT molecular complexity index is 784. The van der Waals surface area contributed by atoms with Gasteiger partial charge >= 0.3 is 5.97 Å². The van der Waals surface area contributed by atoms with Gasteiger partial charge in [-0.25, -0.2) is 4.79 Å². The summed E-state index contributed by atoms with van der Waals surface area (Å²) < 4.78 is 18.4. The lowest BCUT2D eigenvalue weighted by Crippen LogP contribution is -2.20. The number of furan rings is 1. The first-order valence-corrected chi connectivity index (χ1v) is 9.11. The van der Waals surface area contributed by atoms with Crippen molar-refractivity contribution in [2.45, 2.75) is 46.1 Å². The third-order valence-corrected chi connectivity index (χ3v) is 5.16. The van der Waals surface area contributed by atoms with E-state index in [-0.39, 0.29) is 0 Å². The molecule has 1 aliphatic heterocycles. The molecule has 6 heteroatoms. The second-order valence-corrected chi connectivity index (χ2v) is 6.86. The molecule has 0 aromatic carbocycles. The zero-order valence-electron chi connectivity index (χ0n) is 14.8. The van der Waals surface area contributed by atoms with Gasteiger partial charge in [-0.3, -0.25) is 4.68 Å². The zero-order chi connectivity index (χ0) is 17.4. The topological polar surface area (TPSA) is 66.5 Å². The van der Waals surface area contributed by atoms with Crippen molar-refractivity contribution in [2.24, 2.45) is 5.92 Å². The predicted molar refractivity (Wildman–Crippen MR) is 91.6 cm³/mol. The van der Waals surface area contributed by atoms with Crippen LogP contribution in [0.3, 0.4) is 0 Å². The zero-order valence-corrected chi connectivity index (χ0v) is 14.8. The summed E-state index contributed by atoms with van der Waals surface area (Å²) in [6.45, 7) is 6.67. The van der Waals surface area contributed by atoms with Gasteiger partial charge in [0.15, 0.2) is 0 Å². The van der Waals surface area contributed by atoms with E-state index in [4.69, 9.17) is 19.0 Å². The summed E-state index contributed by atoms with van der Waals surface area (Å²) in [7, 11) is 0. The van der Waals surface area contributed by atoms with E-state index >= 15 is 0 Å². The van der Waals surface area contributed by atoms with Crippen LogP contribution in [0.5, 0.6) is 0 Å². The van der Waals surface area contributed by atoms with Crippen molar-refractivity contribution in [1.82, 2.24) is 9.78 Å². The van der Waals surface area contributed by atoms with Crippen LogP contribution in [-0.4, -0.2) is 35.6 Å². The van der Waals surface area contributed by atoms with Crippen LogP contribution < -0.4 is 0 Å². The number of rotatable bonds is 4. The van der Waals surface area contributed by atoms with Crippen LogP contribution in [0.1, 0.15) is 47.2 Å². The van der Waals surface area contributed by atoms with Gasteiger partial charge in [0.05, 0.1) is 12.3 Å². The van der Waals surface area contributed by atoms with E-state index in [1.54, 1.807) is 6.92 Å². The van der Waals surface area contributed by atoms with Crippen molar-refractivity contribution in [3.05, 3.63) is 28.8 Å². The number of carbonyl (C=O) groups is 1. The Labute approximate surface area is 147 Å². The molecule has 3 heterocycles. The fraction of sp³-hybridized carbons (Fsp3) is 0.579. The lowest BCUT2D eigenvalue weighted by Gasteiger charge is -2.21. The van der Waals surface area contributed by atoms with Crippen molar-refractivity contribution < 1.29 is 18.7 Å². The van der Waals surface area contributed by atoms with Crippen LogP contribution in [0.4, 0.5) is 0 Å². The molecule has 2 aromatic rings. The van der Waals surface area contributed by atoms with Gasteiger partial charge in [0.25, 0.3) is 0 Å². The van der Waals surface area contributed by atoms with E-state index in [0.717, 1.165) is 68.0 Å². The number of fused-ring (bicyclic) bond motifs is 3. The summed E-state index contributed by atoms with van der Waals surface area (Å²) in [5, 5.41) is 4.83. The lowest BCUT2D eigenvalue weighted by atomic mass is 9.94. The molecule has 4 rings (SSSR count). The van der Waals surface area contributed by atoms with E-state index in [9.17, 15) is 4.79 Å². The molecule has 134 valence electrons. The van der Waals surface area contributed by atoms with Gasteiger partial charge in [-0.2, -0.15) is 5.10 Å². The Kier molecular flexibility index (Phi) is 4.37. The maximum absolute atomic E-state index is 12.1. The average molecular weight is 344 g/mol. The second-order valence-electron chi connectivity index (χ2n) is 6.86. The fourth-order valence-electron chi connectivity index (χ4n) is 3.84. The molecule has 0 atom stereocenters. The quantitative estimate of drug-likeness (QED) is 0.797. The highest BCUT2D eigenvalue weighted by molar-refractivity contribution is 5.91. The monoisotopic (exact) mass is 344 g/mol. The SMILES string of the molecule is CCOC(=O)c1oc2c(c1C)-c1nn(CC3CCOCC3)cc1CC2. The number of aromatic nitrogens is 2. The third-order valence-electron chi connectivity index (χ3n) is 5.16. The van der Waals surface area contributed by atoms with Crippen LogP contribution in [0.25, 0.3) is 11.3 Å². The Hall–Kier alpha value is -2.08. The highest BCUT2D eigenvalue weighted by Gasteiger charge is 2.30.